The molecule has 0 aromatic heterocycles. The van der Waals surface area contributed by atoms with Crippen molar-refractivity contribution >= 4 is 25.8 Å². The summed E-state index contributed by atoms with van der Waals surface area (Å²) in [6.07, 6.45) is 1.35. The molecule has 7 heteroatoms. The predicted molar refractivity (Wildman–Crippen MR) is 68.6 cm³/mol. The number of hydrogen-bond acceptors (Lipinski definition) is 4. The van der Waals surface area contributed by atoms with Crippen molar-refractivity contribution in [1.29, 1.82) is 0 Å². The highest BCUT2D eigenvalue weighted by Crippen LogP contribution is 2.16. The van der Waals surface area contributed by atoms with E-state index in [0.717, 1.165) is 6.26 Å². The van der Waals surface area contributed by atoms with E-state index in [1.54, 1.807) is 12.1 Å². The molecule has 0 aliphatic rings. The molecule has 1 unspecified atom stereocenters. The summed E-state index contributed by atoms with van der Waals surface area (Å²) < 4.78 is 36.4. The quantitative estimate of drug-likeness (QED) is 0.626. The van der Waals surface area contributed by atoms with Crippen molar-refractivity contribution in [3.8, 4) is 0 Å². The fourth-order valence-electron chi connectivity index (χ4n) is 1.48. The molecule has 0 bridgehead atoms. The van der Waals surface area contributed by atoms with Crippen molar-refractivity contribution in [3.63, 3.8) is 0 Å². The van der Waals surface area contributed by atoms with E-state index in [9.17, 15) is 12.8 Å². The van der Waals surface area contributed by atoms with Gasteiger partial charge in [0.1, 0.15) is 15.7 Å². The molecule has 0 aliphatic carbocycles. The molecule has 0 heterocycles. The maximum Gasteiger partial charge on any atom is 0.149 e. The van der Waals surface area contributed by atoms with E-state index in [-0.39, 0.29) is 18.0 Å². The number of hydrogen-bond donors (Lipinski definition) is 2. The monoisotopic (exact) mass is 324 g/mol. The van der Waals surface area contributed by atoms with Crippen molar-refractivity contribution < 1.29 is 12.8 Å². The van der Waals surface area contributed by atoms with E-state index < -0.39 is 15.9 Å². The Hall–Kier alpha value is -0.500. The van der Waals surface area contributed by atoms with Crippen LogP contribution < -0.4 is 11.3 Å². The highest BCUT2D eigenvalue weighted by Gasteiger charge is 2.16. The topological polar surface area (TPSA) is 72.2 Å². The Kier molecular flexibility index (Phi) is 5.05. The van der Waals surface area contributed by atoms with Crippen LogP contribution in [0, 0.1) is 5.82 Å². The zero-order chi connectivity index (χ0) is 13.1. The fourth-order valence-corrected chi connectivity index (χ4v) is 2.76. The number of benzene rings is 1. The molecule has 3 N–H and O–H groups in total. The number of halogens is 2. The van der Waals surface area contributed by atoms with Gasteiger partial charge in [-0.2, -0.15) is 0 Å². The molecule has 0 radical (unpaired) electrons. The molecular formula is C10H14BrFN2O2S. The zero-order valence-electron chi connectivity index (χ0n) is 9.28. The Morgan fingerprint density at radius 2 is 2.18 bits per heavy atom. The Bertz CT molecular complexity index is 493. The lowest BCUT2D eigenvalue weighted by atomic mass is 10.1. The Morgan fingerprint density at radius 3 is 2.65 bits per heavy atom. The maximum absolute atomic E-state index is 13.5. The third-order valence-corrected chi connectivity index (χ3v) is 3.72. The molecule has 96 valence electrons. The minimum Gasteiger partial charge on any atom is -0.271 e. The number of rotatable bonds is 5. The van der Waals surface area contributed by atoms with Crippen molar-refractivity contribution in [2.45, 2.75) is 12.5 Å². The average molecular weight is 325 g/mol. The molecule has 0 saturated heterocycles. The van der Waals surface area contributed by atoms with Crippen molar-refractivity contribution in [1.82, 2.24) is 5.43 Å². The Morgan fingerprint density at radius 1 is 1.53 bits per heavy atom. The van der Waals surface area contributed by atoms with Gasteiger partial charge in [-0.25, -0.2) is 12.8 Å². The van der Waals surface area contributed by atoms with Gasteiger partial charge in [0.15, 0.2) is 0 Å². The molecule has 0 aliphatic heterocycles. The van der Waals surface area contributed by atoms with Gasteiger partial charge in [-0.1, -0.05) is 22.0 Å². The van der Waals surface area contributed by atoms with Crippen molar-refractivity contribution in [2.75, 3.05) is 12.0 Å². The zero-order valence-corrected chi connectivity index (χ0v) is 11.7. The van der Waals surface area contributed by atoms with Gasteiger partial charge < -0.3 is 0 Å². The predicted octanol–water partition coefficient (Wildman–Crippen LogP) is 1.01. The van der Waals surface area contributed by atoms with Gasteiger partial charge in [-0.3, -0.25) is 11.3 Å². The highest BCUT2D eigenvalue weighted by atomic mass is 79.9. The molecule has 0 amide bonds. The lowest BCUT2D eigenvalue weighted by Gasteiger charge is -2.15. The van der Waals surface area contributed by atoms with Crippen LogP contribution in [-0.2, 0) is 16.3 Å². The summed E-state index contributed by atoms with van der Waals surface area (Å²) in [5.41, 5.74) is 2.82. The third-order valence-electron chi connectivity index (χ3n) is 2.22. The van der Waals surface area contributed by atoms with Crippen LogP contribution in [0.4, 0.5) is 4.39 Å². The number of sulfone groups is 1. The minimum absolute atomic E-state index is 0.126. The van der Waals surface area contributed by atoms with Gasteiger partial charge in [-0.15, -0.1) is 0 Å². The first-order chi connectivity index (χ1) is 7.81. The van der Waals surface area contributed by atoms with Gasteiger partial charge in [0, 0.05) is 16.8 Å². The van der Waals surface area contributed by atoms with Gasteiger partial charge in [-0.05, 0) is 24.1 Å². The second-order valence-electron chi connectivity index (χ2n) is 3.90. The number of hydrazine groups is 1. The summed E-state index contributed by atoms with van der Waals surface area (Å²) in [4.78, 5) is 0. The number of nitrogens with two attached hydrogens (primary N) is 1. The van der Waals surface area contributed by atoms with Crippen LogP contribution >= 0.6 is 15.9 Å². The SMILES string of the molecule is CS(=O)(=O)CC(Cc1ccc(Br)cc1F)NN. The van der Waals surface area contributed by atoms with E-state index in [1.807, 2.05) is 0 Å². The first-order valence-electron chi connectivity index (χ1n) is 4.89. The Labute approximate surface area is 108 Å². The van der Waals surface area contributed by atoms with E-state index in [4.69, 9.17) is 5.84 Å². The lowest BCUT2D eigenvalue weighted by Crippen LogP contribution is -2.41. The first kappa shape index (κ1) is 14.6. The standard InChI is InChI=1S/C10H14BrFN2O2S/c1-17(15,16)6-9(14-13)4-7-2-3-8(11)5-10(7)12/h2-3,5,9,14H,4,6,13H2,1H3. The molecule has 1 aromatic carbocycles. The van der Waals surface area contributed by atoms with Crippen molar-refractivity contribution in [2.24, 2.45) is 5.84 Å². The van der Waals surface area contributed by atoms with Crippen LogP contribution in [0.25, 0.3) is 0 Å². The van der Waals surface area contributed by atoms with Crippen LogP contribution in [0.1, 0.15) is 5.56 Å². The third kappa shape index (κ3) is 5.12. The molecule has 1 rings (SSSR count). The summed E-state index contributed by atoms with van der Waals surface area (Å²) in [5.74, 6) is 4.75. The number of nitrogens with one attached hydrogen (secondary N) is 1. The summed E-state index contributed by atoms with van der Waals surface area (Å²) >= 11 is 3.15. The van der Waals surface area contributed by atoms with E-state index in [1.165, 1.54) is 6.07 Å². The van der Waals surface area contributed by atoms with E-state index in [0.29, 0.717) is 10.0 Å². The molecule has 0 saturated carbocycles. The largest absolute Gasteiger partial charge is 0.271 e. The van der Waals surface area contributed by atoms with Crippen LogP contribution in [0.2, 0.25) is 0 Å². The molecule has 0 fully saturated rings. The van der Waals surface area contributed by atoms with E-state index >= 15 is 0 Å². The second-order valence-corrected chi connectivity index (χ2v) is 7.00. The molecule has 1 aromatic rings. The van der Waals surface area contributed by atoms with E-state index in [2.05, 4.69) is 21.4 Å². The smallest absolute Gasteiger partial charge is 0.149 e. The molecule has 4 nitrogen and oxygen atoms in total. The highest BCUT2D eigenvalue weighted by molar-refractivity contribution is 9.10. The van der Waals surface area contributed by atoms with Gasteiger partial charge in [0.2, 0.25) is 0 Å². The minimum atomic E-state index is -3.15. The molecule has 17 heavy (non-hydrogen) atoms. The van der Waals surface area contributed by atoms with Gasteiger partial charge >= 0.3 is 0 Å². The van der Waals surface area contributed by atoms with Gasteiger partial charge in [0.05, 0.1) is 5.75 Å². The summed E-state index contributed by atoms with van der Waals surface area (Å²) in [6.45, 7) is 0. The normalized spacial score (nSPS) is 13.6. The first-order valence-corrected chi connectivity index (χ1v) is 7.75. The summed E-state index contributed by atoms with van der Waals surface area (Å²) in [6, 6.07) is 4.14. The van der Waals surface area contributed by atoms with Crippen LogP contribution in [0.3, 0.4) is 0 Å². The maximum atomic E-state index is 13.5. The Balaban J connectivity index is 2.81. The summed E-state index contributed by atoms with van der Waals surface area (Å²) in [7, 11) is -3.15. The molecular weight excluding hydrogens is 311 g/mol. The molecule has 0 spiro atoms. The van der Waals surface area contributed by atoms with Crippen LogP contribution in [-0.4, -0.2) is 26.5 Å². The molecule has 1 atom stereocenters. The lowest BCUT2D eigenvalue weighted by molar-refractivity contribution is 0.529. The van der Waals surface area contributed by atoms with Gasteiger partial charge in [0.25, 0.3) is 0 Å². The average Bonchev–Trinajstić information content (AvgIpc) is 2.19. The summed E-state index contributed by atoms with van der Waals surface area (Å²) in [5, 5.41) is 0. The fraction of sp³-hybridized carbons (Fsp3) is 0.400. The van der Waals surface area contributed by atoms with Crippen molar-refractivity contribution in [3.05, 3.63) is 34.1 Å². The van der Waals surface area contributed by atoms with Crippen LogP contribution in [0.5, 0.6) is 0 Å². The second kappa shape index (κ2) is 5.90. The van der Waals surface area contributed by atoms with Crippen LogP contribution in [0.15, 0.2) is 22.7 Å².